The van der Waals surface area contributed by atoms with Gasteiger partial charge in [-0.2, -0.15) is 8.42 Å². The molecule has 0 radical (unpaired) electrons. The second-order valence-corrected chi connectivity index (χ2v) is 5.15. The molecule has 6 heteroatoms. The summed E-state index contributed by atoms with van der Waals surface area (Å²) >= 11 is 0. The minimum atomic E-state index is -3.88. The Morgan fingerprint density at radius 2 is 1.82 bits per heavy atom. The smallest absolute Gasteiger partial charge is 0.264 e. The summed E-state index contributed by atoms with van der Waals surface area (Å²) in [5.74, 6) is 1.00. The Kier molecular flexibility index (Phi) is 4.77. The average molecular weight is 260 g/mol. The van der Waals surface area contributed by atoms with Gasteiger partial charge >= 0.3 is 0 Å². The van der Waals surface area contributed by atoms with Crippen molar-refractivity contribution in [3.8, 4) is 11.5 Å². The highest BCUT2D eigenvalue weighted by molar-refractivity contribution is 7.85. The van der Waals surface area contributed by atoms with Gasteiger partial charge in [-0.15, -0.1) is 0 Å². The van der Waals surface area contributed by atoms with Crippen molar-refractivity contribution in [1.82, 2.24) is 0 Å². The van der Waals surface area contributed by atoms with Gasteiger partial charge in [0.05, 0.1) is 20.0 Å². The van der Waals surface area contributed by atoms with Gasteiger partial charge < -0.3 is 9.47 Å². The van der Waals surface area contributed by atoms with Crippen molar-refractivity contribution in [2.45, 2.75) is 12.8 Å². The number of aryl methyl sites for hydroxylation is 1. The standard InChI is InChI=1S/C11H16O5S/c1-15-10-6-5-9(8-11(10)16-2)4-3-7-17(12,13)14/h5-6,8H,3-4,7H2,1-2H3,(H,12,13,14). The second-order valence-electron chi connectivity index (χ2n) is 3.58. The minimum Gasteiger partial charge on any atom is -0.493 e. The highest BCUT2D eigenvalue weighted by Gasteiger charge is 2.07. The van der Waals surface area contributed by atoms with Crippen LogP contribution in [0.25, 0.3) is 0 Å². The zero-order chi connectivity index (χ0) is 12.9. The van der Waals surface area contributed by atoms with Crippen LogP contribution < -0.4 is 9.47 Å². The molecule has 0 aliphatic heterocycles. The molecule has 0 fully saturated rings. The molecule has 1 N–H and O–H groups in total. The predicted molar refractivity (Wildman–Crippen MR) is 64.3 cm³/mol. The molecule has 5 nitrogen and oxygen atoms in total. The molecule has 0 saturated carbocycles. The fourth-order valence-corrected chi connectivity index (χ4v) is 2.00. The minimum absolute atomic E-state index is 0.235. The van der Waals surface area contributed by atoms with E-state index in [2.05, 4.69) is 0 Å². The van der Waals surface area contributed by atoms with Crippen LogP contribution in [-0.2, 0) is 16.5 Å². The topological polar surface area (TPSA) is 72.8 Å². The molecule has 0 aliphatic carbocycles. The molecule has 1 aromatic carbocycles. The van der Waals surface area contributed by atoms with Crippen molar-refractivity contribution < 1.29 is 22.4 Å². The molecular weight excluding hydrogens is 244 g/mol. The van der Waals surface area contributed by atoms with Crippen LogP contribution in [0.4, 0.5) is 0 Å². The Labute approximate surface area is 101 Å². The first-order valence-corrected chi connectivity index (χ1v) is 6.73. The zero-order valence-corrected chi connectivity index (χ0v) is 10.7. The number of ether oxygens (including phenoxy) is 2. The van der Waals surface area contributed by atoms with E-state index >= 15 is 0 Å². The summed E-state index contributed by atoms with van der Waals surface area (Å²) in [4.78, 5) is 0. The third kappa shape index (κ3) is 4.62. The lowest BCUT2D eigenvalue weighted by atomic mass is 10.1. The SMILES string of the molecule is COc1ccc(CCCS(=O)(=O)O)cc1OC. The van der Waals surface area contributed by atoms with Crippen molar-refractivity contribution in [3.63, 3.8) is 0 Å². The lowest BCUT2D eigenvalue weighted by molar-refractivity contribution is 0.354. The van der Waals surface area contributed by atoms with Gasteiger partial charge in [-0.3, -0.25) is 4.55 Å². The number of hydrogen-bond acceptors (Lipinski definition) is 4. The van der Waals surface area contributed by atoms with Crippen molar-refractivity contribution in [3.05, 3.63) is 23.8 Å². The van der Waals surface area contributed by atoms with Crippen LogP contribution in [-0.4, -0.2) is 32.9 Å². The first kappa shape index (κ1) is 13.8. The van der Waals surface area contributed by atoms with Gasteiger partial charge in [-0.1, -0.05) is 6.07 Å². The van der Waals surface area contributed by atoms with Gasteiger partial charge in [0, 0.05) is 0 Å². The van der Waals surface area contributed by atoms with Crippen molar-refractivity contribution in [2.75, 3.05) is 20.0 Å². The molecule has 0 aliphatic rings. The van der Waals surface area contributed by atoms with E-state index in [0.29, 0.717) is 24.3 Å². The highest BCUT2D eigenvalue weighted by atomic mass is 32.2. The average Bonchev–Trinajstić information content (AvgIpc) is 2.27. The Morgan fingerprint density at radius 1 is 1.18 bits per heavy atom. The van der Waals surface area contributed by atoms with Gasteiger partial charge in [0.25, 0.3) is 10.1 Å². The molecule has 0 amide bonds. The maximum atomic E-state index is 10.6. The summed E-state index contributed by atoms with van der Waals surface area (Å²) < 4.78 is 39.9. The summed E-state index contributed by atoms with van der Waals surface area (Å²) in [5, 5.41) is 0. The summed E-state index contributed by atoms with van der Waals surface area (Å²) in [6.45, 7) is 0. The fraction of sp³-hybridized carbons (Fsp3) is 0.455. The fourth-order valence-electron chi connectivity index (χ4n) is 1.49. The normalized spacial score (nSPS) is 11.2. The van der Waals surface area contributed by atoms with E-state index in [4.69, 9.17) is 14.0 Å². The quantitative estimate of drug-likeness (QED) is 0.785. The van der Waals surface area contributed by atoms with E-state index in [0.717, 1.165) is 5.56 Å². The van der Waals surface area contributed by atoms with Gasteiger partial charge in [0.1, 0.15) is 0 Å². The Bertz CT molecular complexity index is 467. The molecule has 17 heavy (non-hydrogen) atoms. The molecule has 0 spiro atoms. The van der Waals surface area contributed by atoms with E-state index in [-0.39, 0.29) is 5.75 Å². The third-order valence-corrected chi connectivity index (χ3v) is 3.12. The Hall–Kier alpha value is -1.27. The van der Waals surface area contributed by atoms with Gasteiger partial charge in [-0.05, 0) is 30.5 Å². The maximum absolute atomic E-state index is 10.6. The molecule has 0 aromatic heterocycles. The van der Waals surface area contributed by atoms with E-state index in [1.165, 1.54) is 0 Å². The van der Waals surface area contributed by atoms with E-state index in [9.17, 15) is 8.42 Å². The van der Waals surface area contributed by atoms with Crippen LogP contribution in [0.15, 0.2) is 18.2 Å². The summed E-state index contributed by atoms with van der Waals surface area (Å²) in [6, 6.07) is 5.40. The highest BCUT2D eigenvalue weighted by Crippen LogP contribution is 2.27. The number of hydrogen-bond donors (Lipinski definition) is 1. The first-order chi connectivity index (χ1) is 7.96. The third-order valence-electron chi connectivity index (χ3n) is 2.32. The maximum Gasteiger partial charge on any atom is 0.264 e. The number of rotatable bonds is 6. The van der Waals surface area contributed by atoms with E-state index < -0.39 is 10.1 Å². The Balaban J connectivity index is 2.66. The van der Waals surface area contributed by atoms with Gasteiger partial charge in [0.15, 0.2) is 11.5 Å². The van der Waals surface area contributed by atoms with E-state index in [1.807, 2.05) is 6.07 Å². The predicted octanol–water partition coefficient (Wildman–Crippen LogP) is 1.52. The van der Waals surface area contributed by atoms with Crippen molar-refractivity contribution >= 4 is 10.1 Å². The van der Waals surface area contributed by atoms with Crippen LogP contribution in [0.2, 0.25) is 0 Å². The van der Waals surface area contributed by atoms with Gasteiger partial charge in [0.2, 0.25) is 0 Å². The van der Waals surface area contributed by atoms with Crippen molar-refractivity contribution in [1.29, 1.82) is 0 Å². The molecule has 1 aromatic rings. The summed E-state index contributed by atoms with van der Waals surface area (Å²) in [6.07, 6.45) is 0.925. The lowest BCUT2D eigenvalue weighted by Gasteiger charge is -2.09. The van der Waals surface area contributed by atoms with E-state index in [1.54, 1.807) is 26.4 Å². The molecule has 0 unspecified atom stereocenters. The molecule has 96 valence electrons. The first-order valence-electron chi connectivity index (χ1n) is 5.12. The van der Waals surface area contributed by atoms with Crippen molar-refractivity contribution in [2.24, 2.45) is 0 Å². The van der Waals surface area contributed by atoms with Crippen LogP contribution in [0.1, 0.15) is 12.0 Å². The largest absolute Gasteiger partial charge is 0.493 e. The molecule has 1 rings (SSSR count). The number of methoxy groups -OCH3 is 2. The monoisotopic (exact) mass is 260 g/mol. The molecule has 0 saturated heterocycles. The Morgan fingerprint density at radius 3 is 2.35 bits per heavy atom. The lowest BCUT2D eigenvalue weighted by Crippen LogP contribution is -2.04. The summed E-state index contributed by atoms with van der Waals surface area (Å²) in [5.41, 5.74) is 0.936. The van der Waals surface area contributed by atoms with Crippen LogP contribution in [0.3, 0.4) is 0 Å². The molecule has 0 atom stereocenters. The molecule has 0 heterocycles. The molecule has 0 bridgehead atoms. The molecular formula is C11H16O5S. The van der Waals surface area contributed by atoms with Crippen LogP contribution in [0, 0.1) is 0 Å². The zero-order valence-electron chi connectivity index (χ0n) is 9.84. The van der Waals surface area contributed by atoms with Crippen LogP contribution >= 0.6 is 0 Å². The number of benzene rings is 1. The van der Waals surface area contributed by atoms with Crippen LogP contribution in [0.5, 0.6) is 11.5 Å². The second kappa shape index (κ2) is 5.88. The summed E-state index contributed by atoms with van der Waals surface area (Å²) in [7, 11) is -0.786. The van der Waals surface area contributed by atoms with Gasteiger partial charge in [-0.25, -0.2) is 0 Å².